The molecule has 0 spiro atoms. The lowest BCUT2D eigenvalue weighted by Crippen LogP contribution is -2.31. The van der Waals surface area contributed by atoms with E-state index >= 15 is 0 Å². The molecule has 1 amide bonds. The summed E-state index contributed by atoms with van der Waals surface area (Å²) < 4.78 is 9.61. The number of amides is 1. The smallest absolute Gasteiger partial charge is 0.394 e. The second-order valence-corrected chi connectivity index (χ2v) is 3.80. The molecule has 0 atom stereocenters. The van der Waals surface area contributed by atoms with E-state index in [0.29, 0.717) is 5.75 Å². The third-order valence-corrected chi connectivity index (χ3v) is 2.28. The molecule has 1 aromatic rings. The van der Waals surface area contributed by atoms with E-state index in [0.717, 1.165) is 5.56 Å². The molecular formula is C10H11BClNO3. The lowest BCUT2D eigenvalue weighted by Gasteiger charge is -2.25. The van der Waals surface area contributed by atoms with Crippen molar-refractivity contribution >= 4 is 25.9 Å². The highest BCUT2D eigenvalue weighted by atomic mass is 35.5. The summed E-state index contributed by atoms with van der Waals surface area (Å²) in [6.45, 7) is 3.50. The molecule has 1 N–H and O–H groups in total. The van der Waals surface area contributed by atoms with Gasteiger partial charge in [0.05, 0.1) is 0 Å². The van der Waals surface area contributed by atoms with Crippen LogP contribution in [-0.4, -0.2) is 14.1 Å². The Labute approximate surface area is 100 Å². The topological polar surface area (TPSA) is 47.6 Å². The molecule has 1 rings (SSSR count). The van der Waals surface area contributed by atoms with E-state index in [4.69, 9.17) is 24.6 Å². The lowest BCUT2D eigenvalue weighted by atomic mass is 9.98. The molecule has 6 heteroatoms. The molecular weight excluding hydrogens is 228 g/mol. The second-order valence-electron chi connectivity index (χ2n) is 3.65. The summed E-state index contributed by atoms with van der Waals surface area (Å²) in [6, 6.07) is 6.85. The van der Waals surface area contributed by atoms with Gasteiger partial charge in [-0.25, -0.2) is 4.79 Å². The molecule has 0 heterocycles. The van der Waals surface area contributed by atoms with E-state index in [2.05, 4.69) is 4.29 Å². The van der Waals surface area contributed by atoms with E-state index in [1.54, 1.807) is 38.1 Å². The monoisotopic (exact) mass is 239 g/mol. The zero-order valence-corrected chi connectivity index (χ0v) is 9.75. The van der Waals surface area contributed by atoms with Gasteiger partial charge in [-0.1, -0.05) is 12.1 Å². The predicted molar refractivity (Wildman–Crippen MR) is 61.3 cm³/mol. The van der Waals surface area contributed by atoms with Crippen molar-refractivity contribution in [3.8, 4) is 5.75 Å². The van der Waals surface area contributed by atoms with Gasteiger partial charge in [0.1, 0.15) is 23.2 Å². The van der Waals surface area contributed by atoms with Crippen molar-refractivity contribution in [3.05, 3.63) is 29.8 Å². The standard InChI is InChI=1S/C10H11BClNO3/c1-10(2,15-9(14)13-11)7-3-5-8(16-12)6-4-7/h3-6H,1-2H3,(H,13,14). The van der Waals surface area contributed by atoms with E-state index < -0.39 is 11.7 Å². The number of ether oxygens (including phenoxy) is 1. The Hall–Kier alpha value is -1.36. The van der Waals surface area contributed by atoms with Crippen molar-refractivity contribution in [1.29, 1.82) is 0 Å². The Balaban J connectivity index is 2.84. The van der Waals surface area contributed by atoms with Crippen molar-refractivity contribution in [1.82, 2.24) is 5.23 Å². The molecule has 16 heavy (non-hydrogen) atoms. The molecule has 2 radical (unpaired) electrons. The van der Waals surface area contributed by atoms with Crippen molar-refractivity contribution in [2.75, 3.05) is 0 Å². The fourth-order valence-corrected chi connectivity index (χ4v) is 1.33. The maximum Gasteiger partial charge on any atom is 0.394 e. The number of carbonyl (C=O) groups excluding carboxylic acids is 1. The predicted octanol–water partition coefficient (Wildman–Crippen LogP) is 2.26. The molecule has 0 aliphatic rings. The van der Waals surface area contributed by atoms with Crippen LogP contribution in [0.4, 0.5) is 4.79 Å². The summed E-state index contributed by atoms with van der Waals surface area (Å²) in [5.74, 6) is 0.518. The molecule has 1 aromatic carbocycles. The minimum atomic E-state index is -0.783. The highest BCUT2D eigenvalue weighted by Gasteiger charge is 2.24. The van der Waals surface area contributed by atoms with Crippen LogP contribution in [-0.2, 0) is 10.3 Å². The highest BCUT2D eigenvalue weighted by molar-refractivity contribution is 6.12. The Kier molecular flexibility index (Phi) is 4.07. The first-order valence-electron chi connectivity index (χ1n) is 4.58. The summed E-state index contributed by atoms with van der Waals surface area (Å²) in [4.78, 5) is 11.0. The van der Waals surface area contributed by atoms with Gasteiger partial charge in [-0.05, 0) is 31.5 Å². The van der Waals surface area contributed by atoms with E-state index in [1.807, 2.05) is 5.23 Å². The first kappa shape index (κ1) is 12.7. The average Bonchev–Trinajstić information content (AvgIpc) is 2.28. The van der Waals surface area contributed by atoms with Crippen LogP contribution >= 0.6 is 11.9 Å². The summed E-state index contributed by atoms with van der Waals surface area (Å²) in [6.07, 6.45) is -0.692. The molecule has 0 unspecified atom stereocenters. The molecule has 0 aromatic heterocycles. The zero-order chi connectivity index (χ0) is 12.2. The molecule has 0 saturated carbocycles. The van der Waals surface area contributed by atoms with Crippen molar-refractivity contribution in [2.24, 2.45) is 0 Å². The lowest BCUT2D eigenvalue weighted by molar-refractivity contribution is 0.0404. The van der Waals surface area contributed by atoms with Gasteiger partial charge in [0.2, 0.25) is 7.98 Å². The van der Waals surface area contributed by atoms with E-state index in [9.17, 15) is 4.79 Å². The van der Waals surface area contributed by atoms with Crippen LogP contribution in [0.2, 0.25) is 0 Å². The Morgan fingerprint density at radius 2 is 1.94 bits per heavy atom. The molecule has 0 bridgehead atoms. The average molecular weight is 239 g/mol. The van der Waals surface area contributed by atoms with Gasteiger partial charge >= 0.3 is 6.09 Å². The number of carbonyl (C=O) groups is 1. The van der Waals surface area contributed by atoms with Gasteiger partial charge in [-0.15, -0.1) is 0 Å². The third kappa shape index (κ3) is 3.07. The molecule has 0 saturated heterocycles. The molecule has 4 nitrogen and oxygen atoms in total. The highest BCUT2D eigenvalue weighted by Crippen LogP contribution is 2.26. The van der Waals surface area contributed by atoms with Gasteiger partial charge in [-0.3, -0.25) is 0 Å². The first-order valence-corrected chi connectivity index (χ1v) is 4.89. The van der Waals surface area contributed by atoms with Crippen LogP contribution in [0.3, 0.4) is 0 Å². The Morgan fingerprint density at radius 1 is 1.38 bits per heavy atom. The van der Waals surface area contributed by atoms with Crippen molar-refractivity contribution in [2.45, 2.75) is 19.4 Å². The van der Waals surface area contributed by atoms with Gasteiger partial charge in [0.15, 0.2) is 0 Å². The quantitative estimate of drug-likeness (QED) is 0.823. The summed E-state index contributed by atoms with van der Waals surface area (Å²) in [7, 11) is 4.94. The van der Waals surface area contributed by atoms with Crippen molar-refractivity contribution < 1.29 is 13.8 Å². The Morgan fingerprint density at radius 3 is 2.38 bits per heavy atom. The molecule has 0 aliphatic heterocycles. The number of nitrogens with one attached hydrogen (secondary N) is 1. The zero-order valence-electron chi connectivity index (χ0n) is 8.99. The number of benzene rings is 1. The number of hydrogen-bond acceptors (Lipinski definition) is 3. The molecule has 84 valence electrons. The van der Waals surface area contributed by atoms with Crippen LogP contribution in [0.5, 0.6) is 5.75 Å². The van der Waals surface area contributed by atoms with Gasteiger partial charge in [0.25, 0.3) is 0 Å². The summed E-state index contributed by atoms with van der Waals surface area (Å²) in [5.41, 5.74) is 0.0162. The minimum Gasteiger partial charge on any atom is -0.440 e. The largest absolute Gasteiger partial charge is 0.440 e. The summed E-state index contributed by atoms with van der Waals surface area (Å²) >= 11 is 5.19. The van der Waals surface area contributed by atoms with Crippen LogP contribution in [0.15, 0.2) is 24.3 Å². The number of halogens is 1. The number of hydrogen-bond donors (Lipinski definition) is 1. The van der Waals surface area contributed by atoms with Gasteiger partial charge in [0, 0.05) is 0 Å². The fourth-order valence-electron chi connectivity index (χ4n) is 1.23. The molecule has 0 fully saturated rings. The van der Waals surface area contributed by atoms with Crippen LogP contribution < -0.4 is 9.52 Å². The van der Waals surface area contributed by atoms with E-state index in [1.165, 1.54) is 0 Å². The second kappa shape index (κ2) is 5.12. The first-order chi connectivity index (χ1) is 7.49. The van der Waals surface area contributed by atoms with Gasteiger partial charge < -0.3 is 14.3 Å². The minimum absolute atomic E-state index is 0.518. The number of rotatable bonds is 3. The van der Waals surface area contributed by atoms with Crippen LogP contribution in [0.25, 0.3) is 0 Å². The fraction of sp³-hybridized carbons (Fsp3) is 0.300. The van der Waals surface area contributed by atoms with Crippen LogP contribution in [0.1, 0.15) is 19.4 Å². The maximum atomic E-state index is 11.0. The van der Waals surface area contributed by atoms with Crippen molar-refractivity contribution in [3.63, 3.8) is 0 Å². The molecule has 0 aliphatic carbocycles. The summed E-state index contributed by atoms with van der Waals surface area (Å²) in [5, 5.41) is 1.91. The van der Waals surface area contributed by atoms with E-state index in [-0.39, 0.29) is 0 Å². The maximum absolute atomic E-state index is 11.0. The SMILES string of the molecule is [B]NC(=O)OC(C)(C)c1ccc(OCl)cc1. The van der Waals surface area contributed by atoms with Crippen LogP contribution in [0, 0.1) is 0 Å². The Bertz CT molecular complexity index is 367. The normalized spacial score (nSPS) is 10.7. The third-order valence-electron chi connectivity index (χ3n) is 2.10. The van der Waals surface area contributed by atoms with Gasteiger partial charge in [-0.2, -0.15) is 0 Å².